The Balaban J connectivity index is 1.72. The zero-order chi connectivity index (χ0) is 30.5. The fourth-order valence-corrected chi connectivity index (χ4v) is 5.95. The van der Waals surface area contributed by atoms with E-state index in [0.29, 0.717) is 12.4 Å². The molecule has 1 amide bonds. The van der Waals surface area contributed by atoms with Crippen LogP contribution in [0.15, 0.2) is 66.9 Å². The van der Waals surface area contributed by atoms with Crippen LogP contribution in [0.25, 0.3) is 11.3 Å². The Morgan fingerprint density at radius 3 is 2.19 bits per heavy atom. The molecule has 42 heavy (non-hydrogen) atoms. The molecule has 0 radical (unpaired) electrons. The number of aromatic nitrogens is 2. The van der Waals surface area contributed by atoms with Crippen LogP contribution in [-0.2, 0) is 21.4 Å². The molecular weight excluding hydrogens is 559 g/mol. The van der Waals surface area contributed by atoms with E-state index in [1.807, 2.05) is 92.2 Å². The topological polar surface area (TPSA) is 114 Å². The lowest BCUT2D eigenvalue weighted by Crippen LogP contribution is -2.52. The van der Waals surface area contributed by atoms with Gasteiger partial charge in [0.05, 0.1) is 24.5 Å². The Morgan fingerprint density at radius 2 is 1.64 bits per heavy atom. The van der Waals surface area contributed by atoms with Crippen molar-refractivity contribution in [1.29, 1.82) is 0 Å². The van der Waals surface area contributed by atoms with Crippen molar-refractivity contribution >= 4 is 16.1 Å². The van der Waals surface area contributed by atoms with Crippen LogP contribution in [0.5, 0.6) is 0 Å². The normalized spacial score (nSPS) is 16.6. The van der Waals surface area contributed by atoms with Crippen molar-refractivity contribution in [2.75, 3.05) is 45.5 Å². The summed E-state index contributed by atoms with van der Waals surface area (Å²) < 4.78 is 42.2. The summed E-state index contributed by atoms with van der Waals surface area (Å²) in [6.45, 7) is 6.63. The molecule has 2 heterocycles. The molecule has 0 bridgehead atoms. The number of alkyl halides is 1. The second-order valence-electron chi connectivity index (χ2n) is 11.7. The molecule has 2 aromatic carbocycles. The summed E-state index contributed by atoms with van der Waals surface area (Å²) in [4.78, 5) is 26.0. The highest BCUT2D eigenvalue weighted by Crippen LogP contribution is 2.39. The number of halogens is 1. The molecule has 1 aromatic heterocycles. The largest absolute Gasteiger partial charge is 0.429 e. The van der Waals surface area contributed by atoms with Crippen LogP contribution in [0.3, 0.4) is 0 Å². The van der Waals surface area contributed by atoms with Crippen LogP contribution in [0.2, 0.25) is 0 Å². The predicted molar refractivity (Wildman–Crippen MR) is 161 cm³/mol. The predicted octanol–water partition coefficient (Wildman–Crippen LogP) is 3.91. The standard InChI is InChI=1S/C30H41FN6O4S/c1-30(2,3)27(37(21-25(31)19-32)29(38)41-35-15-17-36(18-16-35)42(4,39)40)28-33-26(24-13-9-6-10-14-24)22-34(28)20-23-11-7-5-8-12-23/h5-14,22,25,27H,15-21,32H2,1-4H3/t25?,27-/m0/s1. The molecule has 3 aromatic rings. The number of carbonyl (C=O) groups is 1. The first-order valence-corrected chi connectivity index (χ1v) is 15.9. The van der Waals surface area contributed by atoms with E-state index in [9.17, 15) is 17.6 Å². The fraction of sp³-hybridized carbons (Fsp3) is 0.467. The zero-order valence-corrected chi connectivity index (χ0v) is 25.5. The lowest BCUT2D eigenvalue weighted by molar-refractivity contribution is -0.133. The van der Waals surface area contributed by atoms with Crippen LogP contribution in [0, 0.1) is 5.41 Å². The quantitative estimate of drug-likeness (QED) is 0.375. The maximum atomic E-state index is 15.0. The fourth-order valence-electron chi connectivity index (χ4n) is 5.13. The highest BCUT2D eigenvalue weighted by atomic mass is 32.2. The molecule has 0 saturated carbocycles. The van der Waals surface area contributed by atoms with E-state index < -0.39 is 33.7 Å². The highest BCUT2D eigenvalue weighted by molar-refractivity contribution is 7.88. The van der Waals surface area contributed by atoms with Gasteiger partial charge in [0.15, 0.2) is 0 Å². The number of sulfonamides is 1. The van der Waals surface area contributed by atoms with E-state index >= 15 is 0 Å². The van der Waals surface area contributed by atoms with E-state index in [4.69, 9.17) is 15.6 Å². The van der Waals surface area contributed by atoms with E-state index in [1.165, 1.54) is 14.3 Å². The number of benzene rings is 2. The summed E-state index contributed by atoms with van der Waals surface area (Å²) in [5.74, 6) is 0.591. The van der Waals surface area contributed by atoms with Crippen molar-refractivity contribution in [2.45, 2.75) is 39.5 Å². The molecule has 228 valence electrons. The molecule has 2 atom stereocenters. The first-order chi connectivity index (χ1) is 19.9. The number of hydroxylamine groups is 2. The van der Waals surface area contributed by atoms with Crippen molar-refractivity contribution in [3.8, 4) is 11.3 Å². The number of hydrogen-bond donors (Lipinski definition) is 1. The Bertz CT molecular complexity index is 1420. The lowest BCUT2D eigenvalue weighted by Gasteiger charge is -2.41. The van der Waals surface area contributed by atoms with Gasteiger partial charge in [-0.25, -0.2) is 22.6 Å². The van der Waals surface area contributed by atoms with Crippen molar-refractivity contribution in [2.24, 2.45) is 11.1 Å². The number of hydrogen-bond acceptors (Lipinski definition) is 7. The Labute approximate surface area is 247 Å². The van der Waals surface area contributed by atoms with Crippen molar-refractivity contribution in [3.05, 3.63) is 78.2 Å². The third-order valence-corrected chi connectivity index (χ3v) is 8.51. The maximum absolute atomic E-state index is 15.0. The molecular formula is C30H41FN6O4S. The third-order valence-electron chi connectivity index (χ3n) is 7.21. The SMILES string of the molecule is CC(C)(C)[C@H](c1nc(-c2ccccc2)cn1Cc1ccccc1)N(CC(F)CN)C(=O)ON1CCN(S(C)(=O)=O)CC1. The Kier molecular flexibility index (Phi) is 10.0. The smallest absolute Gasteiger partial charge is 0.351 e. The van der Waals surface area contributed by atoms with Gasteiger partial charge in [-0.1, -0.05) is 81.4 Å². The number of carbonyl (C=O) groups excluding carboxylic acids is 1. The number of rotatable bonds is 10. The minimum absolute atomic E-state index is 0.186. The lowest BCUT2D eigenvalue weighted by atomic mass is 9.84. The first kappa shape index (κ1) is 31.6. The number of amides is 1. The Morgan fingerprint density at radius 1 is 1.05 bits per heavy atom. The van der Waals surface area contributed by atoms with Gasteiger partial charge in [0.2, 0.25) is 10.0 Å². The first-order valence-electron chi connectivity index (χ1n) is 14.1. The number of nitrogens with two attached hydrogens (primary N) is 1. The van der Waals surface area contributed by atoms with Crippen LogP contribution in [0.1, 0.15) is 38.2 Å². The maximum Gasteiger partial charge on any atom is 0.429 e. The summed E-state index contributed by atoms with van der Waals surface area (Å²) in [5, 5.41) is 1.43. The molecule has 1 aliphatic heterocycles. The minimum Gasteiger partial charge on any atom is -0.351 e. The van der Waals surface area contributed by atoms with Gasteiger partial charge in [0.25, 0.3) is 0 Å². The molecule has 2 N–H and O–H groups in total. The van der Waals surface area contributed by atoms with Crippen molar-refractivity contribution < 1.29 is 22.4 Å². The van der Waals surface area contributed by atoms with Gasteiger partial charge in [-0.2, -0.15) is 4.31 Å². The van der Waals surface area contributed by atoms with Gasteiger partial charge in [-0.15, -0.1) is 5.06 Å². The molecule has 1 unspecified atom stereocenters. The van der Waals surface area contributed by atoms with Gasteiger partial charge in [-0.3, -0.25) is 4.90 Å². The number of imidazole rings is 1. The molecule has 12 heteroatoms. The number of nitrogens with zero attached hydrogens (tertiary/aromatic N) is 5. The second kappa shape index (κ2) is 13.3. The molecule has 1 aliphatic rings. The van der Waals surface area contributed by atoms with E-state index in [0.717, 1.165) is 23.1 Å². The second-order valence-corrected chi connectivity index (χ2v) is 13.6. The van der Waals surface area contributed by atoms with E-state index in [1.54, 1.807) is 0 Å². The third kappa shape index (κ3) is 7.94. The monoisotopic (exact) mass is 600 g/mol. The molecule has 4 rings (SSSR count). The summed E-state index contributed by atoms with van der Waals surface area (Å²) in [7, 11) is -3.35. The van der Waals surface area contributed by atoms with Crippen LogP contribution >= 0.6 is 0 Å². The van der Waals surface area contributed by atoms with Gasteiger partial charge < -0.3 is 15.1 Å². The number of piperazine rings is 1. The van der Waals surface area contributed by atoms with Gasteiger partial charge in [0, 0.05) is 51.0 Å². The summed E-state index contributed by atoms with van der Waals surface area (Å²) in [6, 6.07) is 19.0. The average Bonchev–Trinajstić information content (AvgIpc) is 3.35. The molecule has 0 spiro atoms. The molecule has 1 fully saturated rings. The Hall–Kier alpha value is -3.32. The van der Waals surface area contributed by atoms with Gasteiger partial charge in [0.1, 0.15) is 12.0 Å². The van der Waals surface area contributed by atoms with E-state index in [2.05, 4.69) is 0 Å². The minimum atomic E-state index is -3.35. The van der Waals surface area contributed by atoms with Crippen molar-refractivity contribution in [3.63, 3.8) is 0 Å². The molecule has 0 aliphatic carbocycles. The highest BCUT2D eigenvalue weighted by Gasteiger charge is 2.41. The molecule has 1 saturated heterocycles. The summed E-state index contributed by atoms with van der Waals surface area (Å²) in [6.07, 6.45) is 0.880. The van der Waals surface area contributed by atoms with Crippen LogP contribution in [-0.4, -0.2) is 90.0 Å². The molecule has 10 nitrogen and oxygen atoms in total. The average molecular weight is 601 g/mol. The summed E-state index contributed by atoms with van der Waals surface area (Å²) >= 11 is 0. The van der Waals surface area contributed by atoms with Crippen LogP contribution < -0.4 is 5.73 Å². The van der Waals surface area contributed by atoms with Gasteiger partial charge in [-0.05, 0) is 11.0 Å². The van der Waals surface area contributed by atoms with Crippen molar-refractivity contribution in [1.82, 2.24) is 23.8 Å². The zero-order valence-electron chi connectivity index (χ0n) is 24.7. The van der Waals surface area contributed by atoms with Gasteiger partial charge >= 0.3 is 6.09 Å². The van der Waals surface area contributed by atoms with Crippen LogP contribution in [0.4, 0.5) is 9.18 Å². The summed E-state index contributed by atoms with van der Waals surface area (Å²) in [5.41, 5.74) is 7.78. The van der Waals surface area contributed by atoms with E-state index in [-0.39, 0.29) is 39.3 Å².